The molecule has 2 heterocycles. The van der Waals surface area contributed by atoms with E-state index in [2.05, 4.69) is 10.2 Å². The van der Waals surface area contributed by atoms with Gasteiger partial charge in [-0.1, -0.05) is 17.2 Å². The minimum atomic E-state index is -2.51. The van der Waals surface area contributed by atoms with Crippen LogP contribution in [0.3, 0.4) is 0 Å². The van der Waals surface area contributed by atoms with Crippen molar-refractivity contribution in [2.75, 3.05) is 5.09 Å². The van der Waals surface area contributed by atoms with Crippen molar-refractivity contribution in [3.8, 4) is 5.75 Å². The smallest absolute Gasteiger partial charge is 0.266 e. The van der Waals surface area contributed by atoms with E-state index in [4.69, 9.17) is 9.05 Å². The lowest BCUT2D eigenvalue weighted by Crippen LogP contribution is -2.38. The summed E-state index contributed by atoms with van der Waals surface area (Å²) in [5, 5.41) is 6.24. The normalized spacial score (nSPS) is 29.5. The molecule has 84 valence electrons. The molecule has 1 saturated heterocycles. The van der Waals surface area contributed by atoms with Crippen LogP contribution < -0.4 is 14.7 Å². The zero-order chi connectivity index (χ0) is 11.4. The Bertz CT molecular complexity index is 450. The van der Waals surface area contributed by atoms with Gasteiger partial charge in [-0.05, 0) is 26.0 Å². The highest BCUT2D eigenvalue weighted by Gasteiger charge is 2.66. The molecular weight excluding hydrogens is 227 g/mol. The van der Waals surface area contributed by atoms with Crippen molar-refractivity contribution in [1.29, 1.82) is 0 Å². The molecule has 2 aliphatic heterocycles. The molecule has 0 saturated carbocycles. The van der Waals surface area contributed by atoms with E-state index in [1.165, 1.54) is 0 Å². The number of hydrogen-bond donors (Lipinski definition) is 2. The Kier molecular flexibility index (Phi) is 1.77. The summed E-state index contributed by atoms with van der Waals surface area (Å²) in [6.45, 7) is 3.55. The predicted octanol–water partition coefficient (Wildman–Crippen LogP) is 2.09. The lowest BCUT2D eigenvalue weighted by molar-refractivity contribution is -0.136. The van der Waals surface area contributed by atoms with Crippen molar-refractivity contribution in [2.24, 2.45) is 0 Å². The molecule has 2 aliphatic rings. The summed E-state index contributed by atoms with van der Waals surface area (Å²) < 4.78 is 11.0. The number of para-hydroxylation sites is 2. The zero-order valence-corrected chi connectivity index (χ0v) is 9.88. The number of rotatable bonds is 0. The van der Waals surface area contributed by atoms with Gasteiger partial charge in [0.2, 0.25) is 5.75 Å². The number of carbonyl (C=O) groups excluding carboxylic acids is 1. The highest BCUT2D eigenvalue weighted by Crippen LogP contribution is 2.67. The minimum absolute atomic E-state index is 0.291. The van der Waals surface area contributed by atoms with E-state index in [-0.39, 0.29) is 5.97 Å². The van der Waals surface area contributed by atoms with Crippen molar-refractivity contribution in [2.45, 2.75) is 19.4 Å². The third-order valence-corrected chi connectivity index (χ3v) is 4.80. The SMILES string of the molecule is CC1(C)N[P+]2(Nc3ccccc3O2)OC1=O. The number of nitrogens with one attached hydrogen (secondary N) is 2. The van der Waals surface area contributed by atoms with Gasteiger partial charge in [-0.2, -0.15) is 5.09 Å². The van der Waals surface area contributed by atoms with Gasteiger partial charge in [-0.15, -0.1) is 0 Å². The van der Waals surface area contributed by atoms with E-state index in [0.29, 0.717) is 5.75 Å². The first kappa shape index (κ1) is 9.87. The number of carbonyl (C=O) groups is 1. The maximum atomic E-state index is 11.6. The maximum Gasteiger partial charge on any atom is 0.549 e. The molecule has 1 fully saturated rings. The second-order valence-electron chi connectivity index (χ2n) is 4.37. The first-order valence-corrected chi connectivity index (χ1v) is 6.63. The van der Waals surface area contributed by atoms with Crippen LogP contribution in [-0.2, 0) is 9.32 Å². The first-order valence-electron chi connectivity index (χ1n) is 5.00. The van der Waals surface area contributed by atoms with Crippen LogP contribution in [0.4, 0.5) is 5.69 Å². The molecular formula is C10H12N2O3P+. The molecule has 1 aromatic rings. The largest absolute Gasteiger partial charge is 0.549 e. The molecule has 0 aromatic heterocycles. The van der Waals surface area contributed by atoms with E-state index in [1.54, 1.807) is 13.8 Å². The van der Waals surface area contributed by atoms with Gasteiger partial charge in [0.05, 0.1) is 0 Å². The van der Waals surface area contributed by atoms with Crippen LogP contribution >= 0.6 is 8.02 Å². The Morgan fingerprint density at radius 2 is 2.00 bits per heavy atom. The standard InChI is InChI=1S/C10H12N2O3P/c1-10(2)9(13)15-16(12-10)11-7-5-3-4-6-8(7)14-16/h3-6,11-12H,1-2H3/q+1. The highest BCUT2D eigenvalue weighted by molar-refractivity contribution is 7.67. The van der Waals surface area contributed by atoms with Crippen molar-refractivity contribution < 1.29 is 13.8 Å². The van der Waals surface area contributed by atoms with Gasteiger partial charge in [0.15, 0.2) is 5.54 Å². The van der Waals surface area contributed by atoms with E-state index < -0.39 is 13.6 Å². The molecule has 1 unspecified atom stereocenters. The lowest BCUT2D eigenvalue weighted by atomic mass is 10.1. The molecule has 2 N–H and O–H groups in total. The lowest BCUT2D eigenvalue weighted by Gasteiger charge is -2.11. The monoisotopic (exact) mass is 239 g/mol. The van der Waals surface area contributed by atoms with E-state index in [0.717, 1.165) is 5.69 Å². The van der Waals surface area contributed by atoms with Gasteiger partial charge in [0, 0.05) is 0 Å². The zero-order valence-electron chi connectivity index (χ0n) is 8.98. The van der Waals surface area contributed by atoms with Crippen LogP contribution in [0.15, 0.2) is 24.3 Å². The molecule has 0 amide bonds. The number of anilines is 1. The van der Waals surface area contributed by atoms with E-state index in [9.17, 15) is 4.79 Å². The third kappa shape index (κ3) is 1.29. The van der Waals surface area contributed by atoms with Gasteiger partial charge in [-0.25, -0.2) is 9.32 Å². The van der Waals surface area contributed by atoms with Gasteiger partial charge in [0.25, 0.3) is 0 Å². The predicted molar refractivity (Wildman–Crippen MR) is 60.9 cm³/mol. The number of benzene rings is 1. The summed E-state index contributed by atoms with van der Waals surface area (Å²) in [4.78, 5) is 11.6. The Morgan fingerprint density at radius 1 is 1.25 bits per heavy atom. The minimum Gasteiger partial charge on any atom is -0.266 e. The fraction of sp³-hybridized carbons (Fsp3) is 0.300. The Balaban J connectivity index is 1.94. The molecule has 0 bridgehead atoms. The summed E-state index contributed by atoms with van der Waals surface area (Å²) >= 11 is 0. The van der Waals surface area contributed by atoms with Crippen LogP contribution in [-0.4, -0.2) is 11.5 Å². The quantitative estimate of drug-likeness (QED) is 0.679. The fourth-order valence-corrected chi connectivity index (χ4v) is 4.22. The second-order valence-corrected chi connectivity index (χ2v) is 6.28. The van der Waals surface area contributed by atoms with E-state index in [1.807, 2.05) is 24.3 Å². The van der Waals surface area contributed by atoms with Gasteiger partial charge >= 0.3 is 14.0 Å². The number of hydrogen-bond acceptors (Lipinski definition) is 5. The summed E-state index contributed by atoms with van der Waals surface area (Å²) in [7, 11) is -2.51. The second kappa shape index (κ2) is 2.87. The topological polar surface area (TPSA) is 59.6 Å². The molecule has 0 radical (unpaired) electrons. The molecule has 1 aromatic carbocycles. The Labute approximate surface area is 93.7 Å². The van der Waals surface area contributed by atoms with Crippen molar-refractivity contribution in [1.82, 2.24) is 5.09 Å². The van der Waals surface area contributed by atoms with Crippen LogP contribution in [0.1, 0.15) is 13.8 Å². The summed E-state index contributed by atoms with van der Waals surface area (Å²) in [6.07, 6.45) is 0. The van der Waals surface area contributed by atoms with Crippen LogP contribution in [0.2, 0.25) is 0 Å². The van der Waals surface area contributed by atoms with Crippen molar-refractivity contribution >= 4 is 19.7 Å². The average molecular weight is 239 g/mol. The van der Waals surface area contributed by atoms with Crippen LogP contribution in [0, 0.1) is 0 Å². The Morgan fingerprint density at radius 3 is 2.62 bits per heavy atom. The molecule has 1 atom stereocenters. The van der Waals surface area contributed by atoms with E-state index >= 15 is 0 Å². The molecule has 3 rings (SSSR count). The summed E-state index contributed by atoms with van der Waals surface area (Å²) in [5.74, 6) is 0.426. The van der Waals surface area contributed by atoms with Gasteiger partial charge in [0.1, 0.15) is 5.69 Å². The third-order valence-electron chi connectivity index (χ3n) is 2.53. The first-order chi connectivity index (χ1) is 7.51. The summed E-state index contributed by atoms with van der Waals surface area (Å²) in [6, 6.07) is 7.52. The maximum absolute atomic E-state index is 11.6. The highest BCUT2D eigenvalue weighted by atomic mass is 31.2. The molecule has 0 aliphatic carbocycles. The molecule has 1 spiro atoms. The van der Waals surface area contributed by atoms with Crippen LogP contribution in [0.25, 0.3) is 0 Å². The molecule has 6 heteroatoms. The molecule has 16 heavy (non-hydrogen) atoms. The molecule has 5 nitrogen and oxygen atoms in total. The number of fused-ring (bicyclic) bond motifs is 1. The summed E-state index contributed by atoms with van der Waals surface area (Å²) in [5.41, 5.74) is 0.150. The van der Waals surface area contributed by atoms with Gasteiger partial charge < -0.3 is 0 Å². The Hall–Kier alpha value is -1.32. The van der Waals surface area contributed by atoms with Crippen LogP contribution in [0.5, 0.6) is 5.75 Å². The van der Waals surface area contributed by atoms with Crippen molar-refractivity contribution in [3.63, 3.8) is 0 Å². The van der Waals surface area contributed by atoms with Crippen molar-refractivity contribution in [3.05, 3.63) is 24.3 Å². The fourth-order valence-electron chi connectivity index (χ4n) is 1.72. The van der Waals surface area contributed by atoms with Gasteiger partial charge in [-0.3, -0.25) is 4.52 Å². The average Bonchev–Trinajstić information content (AvgIpc) is 2.63.